The number of fused-ring (bicyclic) bond motifs is 2. The number of hydrogen-bond acceptors (Lipinski definition) is 4. The molecule has 10 heteroatoms. The van der Waals surface area contributed by atoms with E-state index in [4.69, 9.17) is 16.3 Å². The van der Waals surface area contributed by atoms with Gasteiger partial charge in [0.1, 0.15) is 17.6 Å². The molecule has 1 unspecified atom stereocenters. The molecule has 0 bridgehead atoms. The molecule has 2 N–H and O–H groups in total. The highest BCUT2D eigenvalue weighted by atomic mass is 35.5. The zero-order valence-electron chi connectivity index (χ0n) is 16.6. The van der Waals surface area contributed by atoms with Crippen LogP contribution in [-0.2, 0) is 9.53 Å². The zero-order valence-corrected chi connectivity index (χ0v) is 17.4. The van der Waals surface area contributed by atoms with Gasteiger partial charge in [0.05, 0.1) is 35.0 Å². The Morgan fingerprint density at radius 2 is 2.19 bits per heavy atom. The Labute approximate surface area is 180 Å². The maximum Gasteiger partial charge on any atom is 0.231 e. The Hall–Kier alpha value is -3.04. The largest absolute Gasteiger partial charge is 0.377 e. The minimum Gasteiger partial charge on any atom is -0.377 e. The molecule has 0 saturated heterocycles. The summed E-state index contributed by atoms with van der Waals surface area (Å²) < 4.78 is 35.3. The van der Waals surface area contributed by atoms with Crippen molar-refractivity contribution in [1.82, 2.24) is 19.6 Å². The van der Waals surface area contributed by atoms with Crippen molar-refractivity contribution in [2.75, 3.05) is 12.4 Å². The van der Waals surface area contributed by atoms with E-state index in [0.29, 0.717) is 39.1 Å². The van der Waals surface area contributed by atoms with Crippen LogP contribution >= 0.6 is 11.6 Å². The summed E-state index contributed by atoms with van der Waals surface area (Å²) in [5.74, 6) is -1.25. The molecule has 1 saturated carbocycles. The number of halogens is 3. The van der Waals surface area contributed by atoms with Gasteiger partial charge < -0.3 is 14.5 Å². The summed E-state index contributed by atoms with van der Waals surface area (Å²) >= 11 is 6.46. The highest BCUT2D eigenvalue weighted by molar-refractivity contribution is 6.35. The van der Waals surface area contributed by atoms with Crippen LogP contribution < -0.4 is 5.32 Å². The standard InChI is InChI=1S/C21H18ClF2N5O2/c1-9(31-2)16-19(24)18(22)17(12-6-25-28-20(12)16)10-3-4-15-26-14(8-29(15)7-10)27-21(30)11-5-13(11)23/h3-4,6-9,11,13H,5H2,1-2H3,(H,25,28)(H,27,30)/t9?,11-,13+/m1/s1. The number of rotatable bonds is 5. The molecule has 0 spiro atoms. The summed E-state index contributed by atoms with van der Waals surface area (Å²) in [6, 6.07) is 3.49. The summed E-state index contributed by atoms with van der Waals surface area (Å²) in [5.41, 5.74) is 2.50. The number of anilines is 1. The van der Waals surface area contributed by atoms with Gasteiger partial charge in [-0.05, 0) is 25.5 Å². The Balaban J connectivity index is 1.58. The molecule has 3 heterocycles. The van der Waals surface area contributed by atoms with Crippen LogP contribution in [0.15, 0.2) is 30.7 Å². The van der Waals surface area contributed by atoms with Crippen molar-refractivity contribution in [3.63, 3.8) is 0 Å². The lowest BCUT2D eigenvalue weighted by Gasteiger charge is -2.16. The fraction of sp³-hybridized carbons (Fsp3) is 0.286. The number of methoxy groups -OCH3 is 1. The van der Waals surface area contributed by atoms with Crippen LogP contribution in [0, 0.1) is 11.7 Å². The third kappa shape index (κ3) is 3.24. The van der Waals surface area contributed by atoms with Crippen molar-refractivity contribution < 1.29 is 18.3 Å². The number of nitrogens with zero attached hydrogens (tertiary/aromatic N) is 3. The number of benzene rings is 1. The van der Waals surface area contributed by atoms with Crippen molar-refractivity contribution in [2.24, 2.45) is 5.92 Å². The number of carbonyl (C=O) groups excluding carboxylic acids is 1. The first-order valence-corrected chi connectivity index (χ1v) is 10.1. The number of aromatic amines is 1. The Morgan fingerprint density at radius 1 is 1.42 bits per heavy atom. The lowest BCUT2D eigenvalue weighted by atomic mass is 9.97. The molecule has 160 valence electrons. The maximum absolute atomic E-state index is 15.2. The van der Waals surface area contributed by atoms with Gasteiger partial charge in [-0.2, -0.15) is 5.10 Å². The molecule has 1 aromatic carbocycles. The molecule has 7 nitrogen and oxygen atoms in total. The van der Waals surface area contributed by atoms with Gasteiger partial charge in [0.15, 0.2) is 5.82 Å². The Bertz CT molecular complexity index is 1330. The van der Waals surface area contributed by atoms with E-state index in [-0.39, 0.29) is 17.4 Å². The quantitative estimate of drug-likeness (QED) is 0.467. The molecular formula is C21H18ClF2N5O2. The number of aromatic nitrogens is 4. The van der Waals surface area contributed by atoms with E-state index in [1.165, 1.54) is 7.11 Å². The number of carbonyl (C=O) groups is 1. The average Bonchev–Trinajstić information content (AvgIpc) is 3.12. The molecule has 1 amide bonds. The number of nitrogens with one attached hydrogen (secondary N) is 2. The molecule has 3 aromatic heterocycles. The number of alkyl halides is 1. The van der Waals surface area contributed by atoms with Crippen molar-refractivity contribution in [3.05, 3.63) is 47.1 Å². The fourth-order valence-corrected chi connectivity index (χ4v) is 4.09. The minimum atomic E-state index is -1.08. The van der Waals surface area contributed by atoms with E-state index in [2.05, 4.69) is 20.5 Å². The topological polar surface area (TPSA) is 84.3 Å². The number of ether oxygens (including phenoxy) is 1. The number of hydrogen-bond donors (Lipinski definition) is 2. The number of pyridine rings is 1. The van der Waals surface area contributed by atoms with Crippen molar-refractivity contribution in [1.29, 1.82) is 0 Å². The molecule has 0 radical (unpaired) electrons. The van der Waals surface area contributed by atoms with Crippen molar-refractivity contribution in [2.45, 2.75) is 25.6 Å². The predicted molar refractivity (Wildman–Crippen MR) is 112 cm³/mol. The van der Waals surface area contributed by atoms with Crippen LogP contribution in [0.3, 0.4) is 0 Å². The molecule has 1 aliphatic carbocycles. The molecule has 1 aliphatic rings. The summed E-state index contributed by atoms with van der Waals surface area (Å²) in [7, 11) is 1.49. The van der Waals surface area contributed by atoms with Crippen LogP contribution in [0.1, 0.15) is 25.0 Å². The molecule has 1 fully saturated rings. The van der Waals surface area contributed by atoms with Crippen LogP contribution in [-0.4, -0.2) is 38.8 Å². The summed E-state index contributed by atoms with van der Waals surface area (Å²) in [4.78, 5) is 16.3. The smallest absolute Gasteiger partial charge is 0.231 e. The molecular weight excluding hydrogens is 428 g/mol. The first-order chi connectivity index (χ1) is 14.9. The van der Waals surface area contributed by atoms with Gasteiger partial charge in [-0.3, -0.25) is 9.89 Å². The fourth-order valence-electron chi connectivity index (χ4n) is 3.77. The minimum absolute atomic E-state index is 0.0384. The van der Waals surface area contributed by atoms with Gasteiger partial charge in [0.2, 0.25) is 5.91 Å². The van der Waals surface area contributed by atoms with Crippen molar-refractivity contribution >= 4 is 39.9 Å². The van der Waals surface area contributed by atoms with Crippen LogP contribution in [0.2, 0.25) is 5.02 Å². The monoisotopic (exact) mass is 445 g/mol. The summed E-state index contributed by atoms with van der Waals surface area (Å²) in [6.45, 7) is 1.73. The molecule has 5 rings (SSSR count). The second kappa shape index (κ2) is 7.28. The second-order valence-electron chi connectivity index (χ2n) is 7.61. The molecule has 0 aliphatic heterocycles. The first-order valence-electron chi connectivity index (χ1n) is 9.69. The normalized spacial score (nSPS) is 19.1. The van der Waals surface area contributed by atoms with Gasteiger partial charge >= 0.3 is 0 Å². The van der Waals surface area contributed by atoms with E-state index in [1.54, 1.807) is 42.0 Å². The van der Waals surface area contributed by atoms with E-state index < -0.39 is 24.0 Å². The number of amides is 1. The number of H-pyrrole nitrogens is 1. The van der Waals surface area contributed by atoms with Gasteiger partial charge in [-0.25, -0.2) is 13.8 Å². The highest BCUT2D eigenvalue weighted by Gasteiger charge is 2.43. The predicted octanol–water partition coefficient (Wildman–Crippen LogP) is 4.67. The van der Waals surface area contributed by atoms with E-state index >= 15 is 4.39 Å². The lowest BCUT2D eigenvalue weighted by Crippen LogP contribution is -2.15. The van der Waals surface area contributed by atoms with Gasteiger partial charge in [0.25, 0.3) is 0 Å². The summed E-state index contributed by atoms with van der Waals surface area (Å²) in [6.07, 6.45) is 3.58. The van der Waals surface area contributed by atoms with Gasteiger partial charge in [-0.15, -0.1) is 0 Å². The summed E-state index contributed by atoms with van der Waals surface area (Å²) in [5, 5.41) is 10.2. The van der Waals surface area contributed by atoms with Crippen LogP contribution in [0.4, 0.5) is 14.6 Å². The highest BCUT2D eigenvalue weighted by Crippen LogP contribution is 2.41. The lowest BCUT2D eigenvalue weighted by molar-refractivity contribution is -0.117. The maximum atomic E-state index is 15.2. The van der Waals surface area contributed by atoms with Crippen LogP contribution in [0.5, 0.6) is 0 Å². The Morgan fingerprint density at radius 3 is 2.90 bits per heavy atom. The Kier molecular flexibility index (Phi) is 4.67. The molecule has 3 atom stereocenters. The molecule has 31 heavy (non-hydrogen) atoms. The SMILES string of the molecule is COC(C)c1c(F)c(Cl)c(-c2ccc3nc(NC(=O)[C@@H]4C[C@@H]4F)cn3c2)c2cn[nH]c12. The average molecular weight is 446 g/mol. The third-order valence-corrected chi connectivity index (χ3v) is 5.98. The molecule has 4 aromatic rings. The number of imidazole rings is 1. The second-order valence-corrected chi connectivity index (χ2v) is 7.99. The van der Waals surface area contributed by atoms with Crippen LogP contribution in [0.25, 0.3) is 27.7 Å². The first kappa shape index (κ1) is 19.9. The van der Waals surface area contributed by atoms with E-state index in [0.717, 1.165) is 0 Å². The van der Waals surface area contributed by atoms with E-state index in [9.17, 15) is 9.18 Å². The zero-order chi connectivity index (χ0) is 21.9. The third-order valence-electron chi connectivity index (χ3n) is 5.63. The van der Waals surface area contributed by atoms with E-state index in [1.807, 2.05) is 0 Å². The van der Waals surface area contributed by atoms with Crippen molar-refractivity contribution in [3.8, 4) is 11.1 Å². The van der Waals surface area contributed by atoms with Gasteiger partial charge in [0, 0.05) is 35.4 Å². The van der Waals surface area contributed by atoms with Gasteiger partial charge in [-0.1, -0.05) is 11.6 Å².